The van der Waals surface area contributed by atoms with Crippen molar-refractivity contribution in [2.45, 2.75) is 64.3 Å². The summed E-state index contributed by atoms with van der Waals surface area (Å²) in [5, 5.41) is 9.45. The third-order valence-electron chi connectivity index (χ3n) is 5.52. The predicted molar refractivity (Wildman–Crippen MR) is 73.1 cm³/mol. The van der Waals surface area contributed by atoms with E-state index in [-0.39, 0.29) is 5.91 Å². The van der Waals surface area contributed by atoms with Crippen molar-refractivity contribution in [3.63, 3.8) is 0 Å². The summed E-state index contributed by atoms with van der Waals surface area (Å²) in [6.07, 6.45) is 8.98. The normalized spacial score (nSPS) is 41.9. The molecule has 1 amide bonds. The molecule has 1 aliphatic heterocycles. The van der Waals surface area contributed by atoms with Crippen LogP contribution in [0.4, 0.5) is 0 Å². The Morgan fingerprint density at radius 2 is 1.89 bits per heavy atom. The van der Waals surface area contributed by atoms with Crippen LogP contribution in [-0.2, 0) is 4.79 Å². The van der Waals surface area contributed by atoms with E-state index in [1.54, 1.807) is 0 Å². The first kappa shape index (κ1) is 13.0. The average Bonchev–Trinajstić information content (AvgIpc) is 2.42. The topological polar surface area (TPSA) is 44.1 Å². The summed E-state index contributed by atoms with van der Waals surface area (Å²) in [7, 11) is 0. The molecule has 0 spiro atoms. The van der Waals surface area contributed by atoms with Gasteiger partial charge in [-0.15, -0.1) is 0 Å². The Morgan fingerprint density at radius 1 is 1.21 bits per heavy atom. The van der Waals surface area contributed by atoms with Crippen molar-refractivity contribution < 1.29 is 4.79 Å². The van der Waals surface area contributed by atoms with Crippen LogP contribution in [0.2, 0.25) is 0 Å². The van der Waals surface area contributed by atoms with Gasteiger partial charge in [-0.25, -0.2) is 0 Å². The van der Waals surface area contributed by atoms with E-state index in [2.05, 4.69) is 17.9 Å². The molecule has 104 valence electrons. The second kappa shape index (κ2) is 4.81. The molecule has 19 heavy (non-hydrogen) atoms. The minimum Gasteiger partial charge on any atom is -0.338 e. The average molecular weight is 260 g/mol. The van der Waals surface area contributed by atoms with E-state index >= 15 is 0 Å². The van der Waals surface area contributed by atoms with Crippen molar-refractivity contribution in [1.82, 2.24) is 4.90 Å². The summed E-state index contributed by atoms with van der Waals surface area (Å²) >= 11 is 0. The summed E-state index contributed by atoms with van der Waals surface area (Å²) in [6.45, 7) is 3.03. The van der Waals surface area contributed by atoms with Gasteiger partial charge in [-0.3, -0.25) is 4.79 Å². The summed E-state index contributed by atoms with van der Waals surface area (Å²) < 4.78 is 0. The van der Waals surface area contributed by atoms with Crippen LogP contribution in [0.3, 0.4) is 0 Å². The fraction of sp³-hybridized carbons (Fsp3) is 0.875. The molecule has 3 heteroatoms. The Hall–Kier alpha value is -1.04. The maximum atomic E-state index is 12.8. The predicted octanol–water partition coefficient (Wildman–Crippen LogP) is 3.11. The third-order valence-corrected chi connectivity index (χ3v) is 5.52. The number of hydrogen-bond acceptors (Lipinski definition) is 2. The van der Waals surface area contributed by atoms with Crippen LogP contribution in [0.5, 0.6) is 0 Å². The van der Waals surface area contributed by atoms with Crippen molar-refractivity contribution in [2.75, 3.05) is 6.54 Å². The number of carbonyl (C=O) groups excluding carboxylic acids is 1. The molecule has 2 aliphatic carbocycles. The van der Waals surface area contributed by atoms with E-state index < -0.39 is 5.41 Å². The number of amides is 1. The third kappa shape index (κ3) is 2.06. The van der Waals surface area contributed by atoms with Gasteiger partial charge in [0, 0.05) is 12.6 Å². The van der Waals surface area contributed by atoms with Crippen molar-refractivity contribution in [3.05, 3.63) is 0 Å². The van der Waals surface area contributed by atoms with Gasteiger partial charge in [-0.1, -0.05) is 19.8 Å². The quantitative estimate of drug-likeness (QED) is 0.727. The van der Waals surface area contributed by atoms with Crippen LogP contribution in [0, 0.1) is 28.6 Å². The smallest absolute Gasteiger partial charge is 0.243 e. The van der Waals surface area contributed by atoms with Crippen LogP contribution in [0.15, 0.2) is 0 Å². The minimum atomic E-state index is -0.668. The molecule has 0 unspecified atom stereocenters. The highest BCUT2D eigenvalue weighted by atomic mass is 16.2. The molecule has 0 N–H and O–H groups in total. The second-order valence-electron chi connectivity index (χ2n) is 6.96. The highest BCUT2D eigenvalue weighted by Crippen LogP contribution is 2.48. The van der Waals surface area contributed by atoms with Gasteiger partial charge in [0.25, 0.3) is 0 Å². The molecule has 1 saturated heterocycles. The fourth-order valence-corrected chi connectivity index (χ4v) is 4.60. The summed E-state index contributed by atoms with van der Waals surface area (Å²) in [5.74, 6) is 1.40. The number of carbonyl (C=O) groups is 1. The van der Waals surface area contributed by atoms with Gasteiger partial charge < -0.3 is 4.90 Å². The van der Waals surface area contributed by atoms with Crippen molar-refractivity contribution in [2.24, 2.45) is 17.3 Å². The SMILES string of the molecule is CC1CC(C#N)(C(=O)N2CCC[C@H]3CCCC[C@H]32)C1. The Kier molecular flexibility index (Phi) is 3.28. The van der Waals surface area contributed by atoms with Crippen molar-refractivity contribution in [1.29, 1.82) is 5.26 Å². The lowest BCUT2D eigenvalue weighted by Gasteiger charge is -2.49. The van der Waals surface area contributed by atoms with E-state index in [1.807, 2.05) is 0 Å². The number of nitriles is 1. The first-order chi connectivity index (χ1) is 9.16. The Balaban J connectivity index is 1.77. The van der Waals surface area contributed by atoms with Crippen LogP contribution in [-0.4, -0.2) is 23.4 Å². The van der Waals surface area contributed by atoms with Gasteiger partial charge >= 0.3 is 0 Å². The lowest BCUT2D eigenvalue weighted by Crippen LogP contribution is -2.57. The zero-order valence-corrected chi connectivity index (χ0v) is 11.9. The van der Waals surface area contributed by atoms with Crippen LogP contribution in [0.25, 0.3) is 0 Å². The van der Waals surface area contributed by atoms with E-state index in [0.29, 0.717) is 17.9 Å². The van der Waals surface area contributed by atoms with Crippen LogP contribution >= 0.6 is 0 Å². The molecular formula is C16H24N2O. The first-order valence-corrected chi connectivity index (χ1v) is 7.88. The molecule has 2 atom stereocenters. The molecule has 3 nitrogen and oxygen atoms in total. The molecule has 3 fully saturated rings. The highest BCUT2D eigenvalue weighted by molar-refractivity contribution is 5.87. The Bertz CT molecular complexity index is 403. The molecule has 0 radical (unpaired) electrons. The van der Waals surface area contributed by atoms with Gasteiger partial charge in [0.05, 0.1) is 6.07 Å². The van der Waals surface area contributed by atoms with Crippen LogP contribution in [0.1, 0.15) is 58.3 Å². The van der Waals surface area contributed by atoms with Gasteiger partial charge in [0.2, 0.25) is 5.91 Å². The lowest BCUT2D eigenvalue weighted by molar-refractivity contribution is -0.152. The highest BCUT2D eigenvalue weighted by Gasteiger charge is 2.52. The number of rotatable bonds is 1. The maximum absolute atomic E-state index is 12.8. The van der Waals surface area contributed by atoms with Gasteiger partial charge in [0.1, 0.15) is 5.41 Å². The van der Waals surface area contributed by atoms with E-state index in [0.717, 1.165) is 32.2 Å². The molecule has 3 aliphatic rings. The summed E-state index contributed by atoms with van der Waals surface area (Å²) in [4.78, 5) is 14.9. The Morgan fingerprint density at radius 3 is 2.58 bits per heavy atom. The molecule has 0 aromatic carbocycles. The maximum Gasteiger partial charge on any atom is 0.243 e. The second-order valence-corrected chi connectivity index (χ2v) is 6.96. The molecule has 0 aromatic rings. The molecule has 0 aromatic heterocycles. The van der Waals surface area contributed by atoms with Gasteiger partial charge in [0.15, 0.2) is 0 Å². The lowest BCUT2D eigenvalue weighted by atomic mass is 9.62. The number of hydrogen-bond donors (Lipinski definition) is 0. The number of fused-ring (bicyclic) bond motifs is 1. The molecule has 3 rings (SSSR count). The fourth-order valence-electron chi connectivity index (χ4n) is 4.60. The van der Waals surface area contributed by atoms with Crippen molar-refractivity contribution in [3.8, 4) is 6.07 Å². The largest absolute Gasteiger partial charge is 0.338 e. The first-order valence-electron chi connectivity index (χ1n) is 7.88. The Labute approximate surface area is 116 Å². The van der Waals surface area contributed by atoms with Gasteiger partial charge in [-0.05, 0) is 50.4 Å². The molecule has 1 heterocycles. The zero-order chi connectivity index (χ0) is 13.5. The van der Waals surface area contributed by atoms with Crippen molar-refractivity contribution >= 4 is 5.91 Å². The van der Waals surface area contributed by atoms with E-state index in [1.165, 1.54) is 25.7 Å². The van der Waals surface area contributed by atoms with Crippen LogP contribution < -0.4 is 0 Å². The monoisotopic (exact) mass is 260 g/mol. The van der Waals surface area contributed by atoms with Gasteiger partial charge in [-0.2, -0.15) is 5.26 Å². The standard InChI is InChI=1S/C16H24N2O/c1-12-9-16(10-12,11-17)15(19)18-8-4-6-13-5-2-3-7-14(13)18/h12-14H,2-10H2,1H3/t12?,13-,14-,16?/m1/s1. The molecular weight excluding hydrogens is 236 g/mol. The summed E-state index contributed by atoms with van der Waals surface area (Å²) in [5.41, 5.74) is -0.668. The number of piperidine rings is 1. The number of nitrogens with zero attached hydrogens (tertiary/aromatic N) is 2. The zero-order valence-electron chi connectivity index (χ0n) is 11.9. The molecule has 0 bridgehead atoms. The number of likely N-dealkylation sites (tertiary alicyclic amines) is 1. The minimum absolute atomic E-state index is 0.157. The van der Waals surface area contributed by atoms with E-state index in [9.17, 15) is 10.1 Å². The summed E-state index contributed by atoms with van der Waals surface area (Å²) in [6, 6.07) is 2.79. The van der Waals surface area contributed by atoms with E-state index in [4.69, 9.17) is 0 Å². The molecule has 2 saturated carbocycles.